The van der Waals surface area contributed by atoms with Crippen LogP contribution in [0.1, 0.15) is 32.9 Å². The minimum Gasteiger partial charge on any atom is -0.452 e. The number of hydrogen-bond acceptors (Lipinski definition) is 6. The zero-order valence-electron chi connectivity index (χ0n) is 16.3. The number of para-hydroxylation sites is 1. The fourth-order valence-electron chi connectivity index (χ4n) is 2.25. The van der Waals surface area contributed by atoms with E-state index in [2.05, 4.69) is 10.3 Å². The molecule has 154 valence electrons. The molecular formula is C20H22FN3O4S. The molecule has 29 heavy (non-hydrogen) atoms. The van der Waals surface area contributed by atoms with Crippen LogP contribution in [0.15, 0.2) is 35.7 Å². The van der Waals surface area contributed by atoms with Gasteiger partial charge < -0.3 is 10.1 Å². The third-order valence-corrected chi connectivity index (χ3v) is 4.71. The fraction of sp³-hybridized carbons (Fsp3) is 0.300. The summed E-state index contributed by atoms with van der Waals surface area (Å²) in [4.78, 5) is 40.8. The summed E-state index contributed by atoms with van der Waals surface area (Å²) in [7, 11) is 0. The van der Waals surface area contributed by atoms with Crippen LogP contribution in [0.2, 0.25) is 0 Å². The summed E-state index contributed by atoms with van der Waals surface area (Å²) >= 11 is 1.13. The van der Waals surface area contributed by atoms with Crippen LogP contribution in [0.3, 0.4) is 0 Å². The van der Waals surface area contributed by atoms with Crippen molar-refractivity contribution in [2.24, 2.45) is 0 Å². The molecule has 1 heterocycles. The van der Waals surface area contributed by atoms with E-state index in [0.717, 1.165) is 28.7 Å². The predicted molar refractivity (Wildman–Crippen MR) is 109 cm³/mol. The van der Waals surface area contributed by atoms with Crippen molar-refractivity contribution in [2.45, 2.75) is 33.2 Å². The van der Waals surface area contributed by atoms with Crippen molar-refractivity contribution < 1.29 is 23.5 Å². The highest BCUT2D eigenvalue weighted by atomic mass is 32.1. The average molecular weight is 419 g/mol. The maximum absolute atomic E-state index is 14.1. The smallest absolute Gasteiger partial charge is 0.331 e. The number of amides is 2. The van der Waals surface area contributed by atoms with Gasteiger partial charge in [0.2, 0.25) is 5.91 Å². The minimum absolute atomic E-state index is 0.00356. The van der Waals surface area contributed by atoms with E-state index in [1.807, 2.05) is 13.8 Å². The molecule has 0 aliphatic carbocycles. The first-order valence-electron chi connectivity index (χ1n) is 8.96. The molecule has 1 atom stereocenters. The Labute approximate surface area is 172 Å². The van der Waals surface area contributed by atoms with E-state index < -0.39 is 17.7 Å². The number of aromatic nitrogens is 1. The van der Waals surface area contributed by atoms with Gasteiger partial charge in [-0.15, -0.1) is 11.3 Å². The van der Waals surface area contributed by atoms with Gasteiger partial charge in [0.25, 0.3) is 5.91 Å². The van der Waals surface area contributed by atoms with Gasteiger partial charge in [0.05, 0.1) is 11.4 Å². The van der Waals surface area contributed by atoms with E-state index >= 15 is 0 Å². The molecule has 0 aliphatic rings. The van der Waals surface area contributed by atoms with Gasteiger partial charge >= 0.3 is 5.97 Å². The Morgan fingerprint density at radius 3 is 2.72 bits per heavy atom. The molecule has 1 aromatic carbocycles. The molecular weight excluding hydrogens is 397 g/mol. The second kappa shape index (κ2) is 10.5. The average Bonchev–Trinajstić information content (AvgIpc) is 3.14. The van der Waals surface area contributed by atoms with Crippen LogP contribution >= 0.6 is 11.3 Å². The number of ether oxygens (including phenoxy) is 1. The number of nitrogens with one attached hydrogen (secondary N) is 1. The highest BCUT2D eigenvalue weighted by Crippen LogP contribution is 2.30. The van der Waals surface area contributed by atoms with Crippen molar-refractivity contribution in [1.29, 1.82) is 0 Å². The molecule has 1 aromatic heterocycles. The molecule has 0 fully saturated rings. The van der Waals surface area contributed by atoms with Gasteiger partial charge in [0.15, 0.2) is 11.7 Å². The Morgan fingerprint density at radius 2 is 2.07 bits per heavy atom. The molecule has 1 N–H and O–H groups in total. The van der Waals surface area contributed by atoms with E-state index in [-0.39, 0.29) is 29.4 Å². The van der Waals surface area contributed by atoms with Crippen molar-refractivity contribution in [1.82, 2.24) is 10.3 Å². The summed E-state index contributed by atoms with van der Waals surface area (Å²) in [6, 6.07) is 5.89. The molecule has 0 spiro atoms. The molecule has 9 heteroatoms. The van der Waals surface area contributed by atoms with Crippen molar-refractivity contribution in [3.05, 3.63) is 47.2 Å². The zero-order valence-corrected chi connectivity index (χ0v) is 17.2. The number of hydrogen-bond donors (Lipinski definition) is 1. The van der Waals surface area contributed by atoms with E-state index in [1.165, 1.54) is 31.2 Å². The second-order valence-corrected chi connectivity index (χ2v) is 7.02. The molecule has 7 nitrogen and oxygen atoms in total. The normalized spacial score (nSPS) is 11.9. The van der Waals surface area contributed by atoms with Crippen molar-refractivity contribution >= 4 is 46.0 Å². The molecule has 0 radical (unpaired) electrons. The zero-order chi connectivity index (χ0) is 21.4. The largest absolute Gasteiger partial charge is 0.452 e. The Kier molecular flexibility index (Phi) is 8.02. The van der Waals surface area contributed by atoms with Crippen LogP contribution < -0.4 is 10.2 Å². The maximum Gasteiger partial charge on any atom is 0.331 e. The van der Waals surface area contributed by atoms with Crippen molar-refractivity contribution in [2.75, 3.05) is 11.5 Å². The SMILES string of the molecule is CC[C@@H](C)NC(=O)COC(=O)/C=C/c1csc(N(C(C)=O)c2ccccc2F)n1. The number of anilines is 2. The van der Waals surface area contributed by atoms with Crippen LogP contribution in [-0.4, -0.2) is 35.4 Å². The molecule has 2 amide bonds. The summed E-state index contributed by atoms with van der Waals surface area (Å²) in [5.41, 5.74) is 0.491. The van der Waals surface area contributed by atoms with Gasteiger partial charge in [-0.25, -0.2) is 14.2 Å². The lowest BCUT2D eigenvalue weighted by atomic mass is 10.2. The summed E-state index contributed by atoms with van der Waals surface area (Å²) in [5, 5.41) is 4.57. The number of esters is 1. The number of carbonyl (C=O) groups is 3. The topological polar surface area (TPSA) is 88.6 Å². The Balaban J connectivity index is 2.01. The Morgan fingerprint density at radius 1 is 1.34 bits per heavy atom. The first-order valence-corrected chi connectivity index (χ1v) is 9.84. The van der Waals surface area contributed by atoms with E-state index in [9.17, 15) is 18.8 Å². The number of nitrogens with zero attached hydrogens (tertiary/aromatic N) is 2. The second-order valence-electron chi connectivity index (χ2n) is 6.18. The van der Waals surface area contributed by atoms with Crippen LogP contribution in [0.5, 0.6) is 0 Å². The highest BCUT2D eigenvalue weighted by Gasteiger charge is 2.20. The number of thiazole rings is 1. The van der Waals surface area contributed by atoms with E-state index in [4.69, 9.17) is 4.74 Å². The van der Waals surface area contributed by atoms with Gasteiger partial charge in [0, 0.05) is 24.4 Å². The molecule has 0 saturated carbocycles. The molecule has 0 bridgehead atoms. The number of carbonyl (C=O) groups excluding carboxylic acids is 3. The van der Waals surface area contributed by atoms with Crippen LogP contribution in [0.25, 0.3) is 6.08 Å². The monoisotopic (exact) mass is 419 g/mol. The lowest BCUT2D eigenvalue weighted by Crippen LogP contribution is -2.35. The lowest BCUT2D eigenvalue weighted by Gasteiger charge is -2.18. The van der Waals surface area contributed by atoms with Gasteiger partial charge in [-0.05, 0) is 31.6 Å². The van der Waals surface area contributed by atoms with E-state index in [1.54, 1.807) is 11.4 Å². The minimum atomic E-state index is -0.698. The van der Waals surface area contributed by atoms with Crippen molar-refractivity contribution in [3.8, 4) is 0 Å². The van der Waals surface area contributed by atoms with Gasteiger partial charge in [-0.1, -0.05) is 19.1 Å². The number of benzene rings is 1. The quantitative estimate of drug-likeness (QED) is 0.523. The maximum atomic E-state index is 14.1. The molecule has 2 rings (SSSR count). The first-order chi connectivity index (χ1) is 13.8. The predicted octanol–water partition coefficient (Wildman–Crippen LogP) is 3.44. The summed E-state index contributed by atoms with van der Waals surface area (Å²) in [6.07, 6.45) is 3.31. The van der Waals surface area contributed by atoms with Crippen LogP contribution in [0, 0.1) is 5.82 Å². The first kappa shape index (κ1) is 22.2. The van der Waals surface area contributed by atoms with E-state index in [0.29, 0.717) is 5.69 Å². The van der Waals surface area contributed by atoms with Gasteiger partial charge in [-0.2, -0.15) is 0 Å². The van der Waals surface area contributed by atoms with Gasteiger partial charge in [-0.3, -0.25) is 14.5 Å². The van der Waals surface area contributed by atoms with Gasteiger partial charge in [0.1, 0.15) is 5.82 Å². The summed E-state index contributed by atoms with van der Waals surface area (Å²) < 4.78 is 18.9. The fourth-order valence-corrected chi connectivity index (χ4v) is 3.10. The molecule has 0 aliphatic heterocycles. The van der Waals surface area contributed by atoms with Crippen LogP contribution in [0.4, 0.5) is 15.2 Å². The molecule has 0 saturated heterocycles. The third-order valence-electron chi connectivity index (χ3n) is 3.86. The highest BCUT2D eigenvalue weighted by molar-refractivity contribution is 7.14. The lowest BCUT2D eigenvalue weighted by molar-refractivity contribution is -0.144. The standard InChI is InChI=1S/C20H22FN3O4S/c1-4-13(2)22-18(26)11-28-19(27)10-9-15-12-29-20(23-15)24(14(3)25)17-8-6-5-7-16(17)21/h5-10,12-13H,4,11H2,1-3H3,(H,22,26)/b10-9+/t13-/m1/s1. The molecule has 0 unspecified atom stereocenters. The Bertz CT molecular complexity index is 913. The Hall–Kier alpha value is -3.07. The van der Waals surface area contributed by atoms with Crippen molar-refractivity contribution in [3.63, 3.8) is 0 Å². The third kappa shape index (κ3) is 6.49. The number of halogens is 1. The molecule has 2 aromatic rings. The number of rotatable bonds is 8. The summed E-state index contributed by atoms with van der Waals surface area (Å²) in [6.45, 7) is 4.72. The van der Waals surface area contributed by atoms with Crippen LogP contribution in [-0.2, 0) is 19.1 Å². The summed E-state index contributed by atoms with van der Waals surface area (Å²) in [5.74, 6) is -2.02.